The molecule has 2 saturated heterocycles. The van der Waals surface area contributed by atoms with Crippen molar-refractivity contribution in [3.8, 4) is 0 Å². The summed E-state index contributed by atoms with van der Waals surface area (Å²) in [7, 11) is 1.68. The molecule has 3 heterocycles. The number of methoxy groups -OCH3 is 1. The molecule has 0 unspecified atom stereocenters. The van der Waals surface area contributed by atoms with Crippen molar-refractivity contribution in [2.45, 2.75) is 25.9 Å². The van der Waals surface area contributed by atoms with E-state index in [1.807, 2.05) is 6.07 Å². The second kappa shape index (κ2) is 8.04. The largest absolute Gasteiger partial charge is 0.396 e. The lowest BCUT2D eigenvalue weighted by Gasteiger charge is -2.39. The van der Waals surface area contributed by atoms with E-state index in [1.165, 1.54) is 25.9 Å². The Labute approximate surface area is 138 Å². The summed E-state index contributed by atoms with van der Waals surface area (Å²) in [5, 5.41) is 9.68. The second-order valence-corrected chi connectivity index (χ2v) is 6.86. The fraction of sp³-hybridized carbons (Fsp3) is 0.765. The summed E-state index contributed by atoms with van der Waals surface area (Å²) in [6, 6.07) is 2.01. The smallest absolute Gasteiger partial charge is 0.132 e. The average Bonchev–Trinajstić information content (AvgIpc) is 3.08. The Morgan fingerprint density at radius 1 is 1.22 bits per heavy atom. The Morgan fingerprint density at radius 2 is 2.00 bits per heavy atom. The highest BCUT2D eigenvalue weighted by Crippen LogP contribution is 2.27. The minimum absolute atomic E-state index is 0.253. The highest BCUT2D eigenvalue weighted by molar-refractivity contribution is 5.39. The molecule has 2 aliphatic heterocycles. The van der Waals surface area contributed by atoms with E-state index in [1.54, 1.807) is 13.4 Å². The summed E-state index contributed by atoms with van der Waals surface area (Å²) in [6.07, 6.45) is 5.37. The molecule has 0 aromatic carbocycles. The Hall–Kier alpha value is -1.24. The van der Waals surface area contributed by atoms with Gasteiger partial charge in [-0.25, -0.2) is 9.97 Å². The number of aliphatic hydroxyl groups excluding tert-OH is 1. The minimum Gasteiger partial charge on any atom is -0.396 e. The van der Waals surface area contributed by atoms with Crippen LogP contribution in [0.1, 0.15) is 25.0 Å². The predicted molar refractivity (Wildman–Crippen MR) is 89.3 cm³/mol. The summed E-state index contributed by atoms with van der Waals surface area (Å²) in [5.74, 6) is 1.88. The van der Waals surface area contributed by atoms with E-state index < -0.39 is 0 Å². The van der Waals surface area contributed by atoms with Gasteiger partial charge in [-0.15, -0.1) is 0 Å². The number of aromatic nitrogens is 2. The van der Waals surface area contributed by atoms with E-state index in [4.69, 9.17) is 4.74 Å². The zero-order valence-corrected chi connectivity index (χ0v) is 14.0. The lowest BCUT2D eigenvalue weighted by molar-refractivity contribution is 0.163. The van der Waals surface area contributed by atoms with E-state index in [9.17, 15) is 5.11 Å². The number of anilines is 1. The highest BCUT2D eigenvalue weighted by atomic mass is 16.5. The van der Waals surface area contributed by atoms with Crippen LogP contribution in [0.25, 0.3) is 0 Å². The molecule has 3 rings (SSSR count). The third-order valence-corrected chi connectivity index (χ3v) is 4.92. The Kier molecular flexibility index (Phi) is 5.80. The van der Waals surface area contributed by atoms with Gasteiger partial charge < -0.3 is 19.6 Å². The van der Waals surface area contributed by atoms with E-state index in [0.29, 0.717) is 18.4 Å². The molecule has 0 spiro atoms. The molecule has 0 bridgehead atoms. The Bertz CT molecular complexity index is 493. The van der Waals surface area contributed by atoms with Gasteiger partial charge in [-0.05, 0) is 44.2 Å². The van der Waals surface area contributed by atoms with Crippen molar-refractivity contribution in [1.29, 1.82) is 0 Å². The van der Waals surface area contributed by atoms with Crippen LogP contribution in [0.2, 0.25) is 0 Å². The number of piperidine rings is 1. The van der Waals surface area contributed by atoms with Gasteiger partial charge in [-0.1, -0.05) is 0 Å². The first-order valence-electron chi connectivity index (χ1n) is 8.66. The van der Waals surface area contributed by atoms with E-state index in [0.717, 1.165) is 37.6 Å². The monoisotopic (exact) mass is 320 g/mol. The average molecular weight is 320 g/mol. The maximum absolute atomic E-state index is 9.68. The molecule has 0 saturated carbocycles. The SMILES string of the molecule is COCc1cc(N2C[C@H](CO)C[C@H](CN3CCCC3)C2)ncn1. The Balaban J connectivity index is 1.68. The third-order valence-electron chi connectivity index (χ3n) is 4.92. The number of nitrogens with zero attached hydrogens (tertiary/aromatic N) is 4. The molecule has 2 aliphatic rings. The van der Waals surface area contributed by atoms with Gasteiger partial charge >= 0.3 is 0 Å². The summed E-state index contributed by atoms with van der Waals surface area (Å²) in [5.41, 5.74) is 0.903. The molecule has 2 fully saturated rings. The molecule has 2 atom stereocenters. The fourth-order valence-electron chi connectivity index (χ4n) is 3.89. The number of ether oxygens (including phenoxy) is 1. The standard InChI is InChI=1S/C17H28N4O2/c1-23-12-16-7-17(19-13-18-16)21-9-14(6-15(10-21)11-22)8-20-4-2-3-5-20/h7,13-15,22H,2-6,8-12H2,1H3/t14-,15-/m1/s1. The molecule has 23 heavy (non-hydrogen) atoms. The van der Waals surface area contributed by atoms with Gasteiger partial charge in [0.15, 0.2) is 0 Å². The fourth-order valence-corrected chi connectivity index (χ4v) is 3.89. The van der Waals surface area contributed by atoms with Crippen molar-refractivity contribution < 1.29 is 9.84 Å². The van der Waals surface area contributed by atoms with Crippen molar-refractivity contribution in [1.82, 2.24) is 14.9 Å². The lowest BCUT2D eigenvalue weighted by Crippen LogP contribution is -2.45. The van der Waals surface area contributed by atoms with Crippen molar-refractivity contribution in [3.63, 3.8) is 0 Å². The number of likely N-dealkylation sites (tertiary alicyclic amines) is 1. The molecule has 1 aromatic rings. The van der Waals surface area contributed by atoms with Gasteiger partial charge in [0.2, 0.25) is 0 Å². The van der Waals surface area contributed by atoms with Crippen LogP contribution in [0.15, 0.2) is 12.4 Å². The van der Waals surface area contributed by atoms with Gasteiger partial charge in [-0.2, -0.15) is 0 Å². The summed E-state index contributed by atoms with van der Waals surface area (Å²) in [6.45, 7) is 6.24. The maximum Gasteiger partial charge on any atom is 0.132 e. The summed E-state index contributed by atoms with van der Waals surface area (Å²) < 4.78 is 5.17. The maximum atomic E-state index is 9.68. The second-order valence-electron chi connectivity index (χ2n) is 6.86. The van der Waals surface area contributed by atoms with Crippen molar-refractivity contribution in [2.75, 3.05) is 51.3 Å². The van der Waals surface area contributed by atoms with Crippen molar-refractivity contribution >= 4 is 5.82 Å². The molecule has 1 aromatic heterocycles. The van der Waals surface area contributed by atoms with Crippen LogP contribution in [0.3, 0.4) is 0 Å². The van der Waals surface area contributed by atoms with Crippen LogP contribution in [-0.4, -0.2) is 66.4 Å². The van der Waals surface area contributed by atoms with E-state index in [2.05, 4.69) is 19.8 Å². The molecule has 0 amide bonds. The first kappa shape index (κ1) is 16.6. The number of aliphatic hydroxyl groups is 1. The molecule has 0 aliphatic carbocycles. The van der Waals surface area contributed by atoms with E-state index >= 15 is 0 Å². The van der Waals surface area contributed by atoms with Gasteiger partial charge in [0.1, 0.15) is 12.1 Å². The van der Waals surface area contributed by atoms with Gasteiger partial charge in [0, 0.05) is 39.4 Å². The lowest BCUT2D eigenvalue weighted by atomic mass is 9.89. The number of rotatable bonds is 6. The molecule has 6 heteroatoms. The Morgan fingerprint density at radius 3 is 2.74 bits per heavy atom. The van der Waals surface area contributed by atoms with E-state index in [-0.39, 0.29) is 6.61 Å². The van der Waals surface area contributed by atoms with Crippen LogP contribution >= 0.6 is 0 Å². The molecule has 0 radical (unpaired) electrons. The summed E-state index contributed by atoms with van der Waals surface area (Å²) in [4.78, 5) is 13.6. The normalized spacial score (nSPS) is 25.9. The van der Waals surface area contributed by atoms with Gasteiger partial charge in [-0.3, -0.25) is 0 Å². The molecule has 1 N–H and O–H groups in total. The first-order valence-corrected chi connectivity index (χ1v) is 8.66. The third kappa shape index (κ3) is 4.40. The van der Waals surface area contributed by atoms with Crippen molar-refractivity contribution in [3.05, 3.63) is 18.1 Å². The highest BCUT2D eigenvalue weighted by Gasteiger charge is 2.29. The topological polar surface area (TPSA) is 61.7 Å². The quantitative estimate of drug-likeness (QED) is 0.848. The van der Waals surface area contributed by atoms with Crippen LogP contribution in [0.5, 0.6) is 0 Å². The number of hydrogen-bond donors (Lipinski definition) is 1. The van der Waals surface area contributed by atoms with Crippen LogP contribution in [0, 0.1) is 11.8 Å². The molecular weight excluding hydrogens is 292 g/mol. The number of hydrogen-bond acceptors (Lipinski definition) is 6. The zero-order chi connectivity index (χ0) is 16.1. The van der Waals surface area contributed by atoms with Gasteiger partial charge in [0.05, 0.1) is 12.3 Å². The molecular formula is C17H28N4O2. The minimum atomic E-state index is 0.253. The van der Waals surface area contributed by atoms with Crippen LogP contribution in [-0.2, 0) is 11.3 Å². The van der Waals surface area contributed by atoms with Crippen molar-refractivity contribution in [2.24, 2.45) is 11.8 Å². The van der Waals surface area contributed by atoms with Crippen LogP contribution in [0.4, 0.5) is 5.82 Å². The van der Waals surface area contributed by atoms with Crippen LogP contribution < -0.4 is 4.90 Å². The molecule has 128 valence electrons. The first-order chi connectivity index (χ1) is 11.3. The zero-order valence-electron chi connectivity index (χ0n) is 14.0. The molecule has 6 nitrogen and oxygen atoms in total. The van der Waals surface area contributed by atoms with Gasteiger partial charge in [0.25, 0.3) is 0 Å². The predicted octanol–water partition coefficient (Wildman–Crippen LogP) is 1.15. The summed E-state index contributed by atoms with van der Waals surface area (Å²) >= 11 is 0.